The molecule has 0 bridgehead atoms. The van der Waals surface area contributed by atoms with Crippen molar-refractivity contribution in [3.8, 4) is 0 Å². The van der Waals surface area contributed by atoms with E-state index in [-0.39, 0.29) is 17.7 Å². The second-order valence-corrected chi connectivity index (χ2v) is 4.39. The Bertz CT molecular complexity index is 282. The number of rotatable bonds is 4. The number of nitrogens with one attached hydrogen (secondary N) is 2. The van der Waals surface area contributed by atoms with Gasteiger partial charge in [-0.05, 0) is 6.42 Å². The van der Waals surface area contributed by atoms with Crippen LogP contribution >= 0.6 is 0 Å². The molecule has 1 saturated heterocycles. The zero-order chi connectivity index (χ0) is 10.9. The average Bonchev–Trinajstić information content (AvgIpc) is 2.41. The first-order chi connectivity index (χ1) is 7.16. The highest BCUT2D eigenvalue weighted by atomic mass is 16.5. The summed E-state index contributed by atoms with van der Waals surface area (Å²) in [7, 11) is 0. The molecule has 0 aromatic rings. The van der Waals surface area contributed by atoms with Crippen LogP contribution < -0.4 is 10.6 Å². The SMILES string of the molecule is C=C1NC(=O)N[C@]12C[C@@H](OCCCC)C2. The highest BCUT2D eigenvalue weighted by Gasteiger charge is 2.51. The Morgan fingerprint density at radius 3 is 2.87 bits per heavy atom. The second kappa shape index (κ2) is 3.85. The summed E-state index contributed by atoms with van der Waals surface area (Å²) in [6.45, 7) is 6.83. The fourth-order valence-corrected chi connectivity index (χ4v) is 2.16. The molecule has 0 radical (unpaired) electrons. The summed E-state index contributed by atoms with van der Waals surface area (Å²) < 4.78 is 5.67. The van der Waals surface area contributed by atoms with Crippen LogP contribution in [0, 0.1) is 0 Å². The summed E-state index contributed by atoms with van der Waals surface area (Å²) in [4.78, 5) is 11.1. The quantitative estimate of drug-likeness (QED) is 0.691. The first-order valence-corrected chi connectivity index (χ1v) is 5.56. The van der Waals surface area contributed by atoms with Gasteiger partial charge in [-0.25, -0.2) is 4.79 Å². The molecule has 1 saturated carbocycles. The van der Waals surface area contributed by atoms with Gasteiger partial charge in [0.2, 0.25) is 0 Å². The maximum Gasteiger partial charge on any atom is 0.319 e. The predicted octanol–water partition coefficient (Wildman–Crippen LogP) is 1.53. The molecular weight excluding hydrogens is 192 g/mol. The largest absolute Gasteiger partial charge is 0.378 e. The molecule has 2 fully saturated rings. The minimum Gasteiger partial charge on any atom is -0.378 e. The first kappa shape index (κ1) is 10.5. The number of ether oxygens (including phenoxy) is 1. The summed E-state index contributed by atoms with van der Waals surface area (Å²) >= 11 is 0. The van der Waals surface area contributed by atoms with Crippen LogP contribution in [0.1, 0.15) is 32.6 Å². The standard InChI is InChI=1S/C11H18N2O2/c1-3-4-5-15-9-6-11(7-9)8(2)12-10(14)13-11/h9H,2-7H2,1H3,(H2,12,13,14)/t9-,11+. The third-order valence-electron chi connectivity index (χ3n) is 3.20. The van der Waals surface area contributed by atoms with E-state index in [1.165, 1.54) is 0 Å². The predicted molar refractivity (Wildman–Crippen MR) is 57.4 cm³/mol. The van der Waals surface area contributed by atoms with E-state index >= 15 is 0 Å². The lowest BCUT2D eigenvalue weighted by molar-refractivity contribution is -0.0369. The van der Waals surface area contributed by atoms with E-state index in [1.54, 1.807) is 0 Å². The Morgan fingerprint density at radius 1 is 1.60 bits per heavy atom. The van der Waals surface area contributed by atoms with Gasteiger partial charge < -0.3 is 15.4 Å². The van der Waals surface area contributed by atoms with Crippen LogP contribution in [-0.2, 0) is 4.74 Å². The lowest BCUT2D eigenvalue weighted by atomic mass is 9.73. The summed E-state index contributed by atoms with van der Waals surface area (Å²) in [5, 5.41) is 5.60. The molecule has 84 valence electrons. The van der Waals surface area contributed by atoms with Crippen molar-refractivity contribution in [2.45, 2.75) is 44.2 Å². The van der Waals surface area contributed by atoms with Gasteiger partial charge in [-0.2, -0.15) is 0 Å². The van der Waals surface area contributed by atoms with Gasteiger partial charge in [0.15, 0.2) is 0 Å². The monoisotopic (exact) mass is 210 g/mol. The number of carbonyl (C=O) groups excluding carboxylic acids is 1. The molecule has 1 heterocycles. The molecule has 1 aliphatic carbocycles. The summed E-state index contributed by atoms with van der Waals surface area (Å²) in [5.74, 6) is 0. The van der Waals surface area contributed by atoms with Crippen molar-refractivity contribution >= 4 is 6.03 Å². The lowest BCUT2D eigenvalue weighted by Gasteiger charge is -2.44. The van der Waals surface area contributed by atoms with Gasteiger partial charge in [0.25, 0.3) is 0 Å². The average molecular weight is 210 g/mol. The van der Waals surface area contributed by atoms with Gasteiger partial charge >= 0.3 is 6.03 Å². The Hall–Kier alpha value is -1.03. The molecule has 0 unspecified atom stereocenters. The van der Waals surface area contributed by atoms with E-state index in [1.807, 2.05) is 0 Å². The summed E-state index contributed by atoms with van der Waals surface area (Å²) in [5.41, 5.74) is 0.580. The molecule has 2 amide bonds. The molecule has 0 atom stereocenters. The van der Waals surface area contributed by atoms with Gasteiger partial charge in [-0.1, -0.05) is 19.9 Å². The molecule has 1 aliphatic heterocycles. The highest BCUT2D eigenvalue weighted by molar-refractivity contribution is 5.82. The van der Waals surface area contributed by atoms with Crippen LogP contribution in [0.25, 0.3) is 0 Å². The van der Waals surface area contributed by atoms with E-state index in [0.29, 0.717) is 0 Å². The van der Waals surface area contributed by atoms with Crippen LogP contribution in [0.15, 0.2) is 12.3 Å². The Labute approximate surface area is 90.1 Å². The van der Waals surface area contributed by atoms with Gasteiger partial charge in [0.05, 0.1) is 11.6 Å². The first-order valence-electron chi connectivity index (χ1n) is 5.56. The molecule has 0 aromatic heterocycles. The molecule has 4 heteroatoms. The minimum absolute atomic E-state index is 0.132. The Kier molecular flexibility index (Phi) is 2.69. The molecular formula is C11H18N2O2. The molecule has 2 N–H and O–H groups in total. The molecule has 2 aliphatic rings. The van der Waals surface area contributed by atoms with Crippen LogP contribution in [0.3, 0.4) is 0 Å². The Balaban J connectivity index is 1.77. The van der Waals surface area contributed by atoms with Crippen LogP contribution in [0.2, 0.25) is 0 Å². The van der Waals surface area contributed by atoms with Crippen molar-refractivity contribution < 1.29 is 9.53 Å². The van der Waals surface area contributed by atoms with Crippen molar-refractivity contribution in [3.63, 3.8) is 0 Å². The van der Waals surface area contributed by atoms with Gasteiger partial charge in [-0.3, -0.25) is 0 Å². The molecule has 15 heavy (non-hydrogen) atoms. The normalized spacial score (nSPS) is 33.8. The third kappa shape index (κ3) is 1.86. The molecule has 1 spiro atoms. The lowest BCUT2D eigenvalue weighted by Crippen LogP contribution is -2.56. The smallest absolute Gasteiger partial charge is 0.319 e. The van der Waals surface area contributed by atoms with Gasteiger partial charge in [-0.15, -0.1) is 0 Å². The number of carbonyl (C=O) groups is 1. The van der Waals surface area contributed by atoms with Crippen LogP contribution in [-0.4, -0.2) is 24.3 Å². The van der Waals surface area contributed by atoms with E-state index in [0.717, 1.165) is 38.0 Å². The zero-order valence-electron chi connectivity index (χ0n) is 9.14. The van der Waals surface area contributed by atoms with Crippen LogP contribution in [0.4, 0.5) is 4.79 Å². The maximum absolute atomic E-state index is 11.1. The summed E-state index contributed by atoms with van der Waals surface area (Å²) in [6.07, 6.45) is 4.26. The van der Waals surface area contributed by atoms with E-state index < -0.39 is 0 Å². The van der Waals surface area contributed by atoms with Crippen molar-refractivity contribution in [1.82, 2.24) is 10.6 Å². The maximum atomic E-state index is 11.1. The van der Waals surface area contributed by atoms with Crippen LogP contribution in [0.5, 0.6) is 0 Å². The molecule has 4 nitrogen and oxygen atoms in total. The minimum atomic E-state index is -0.214. The number of hydrogen-bond donors (Lipinski definition) is 2. The third-order valence-corrected chi connectivity index (χ3v) is 3.20. The van der Waals surface area contributed by atoms with Gasteiger partial charge in [0.1, 0.15) is 0 Å². The molecule has 0 aromatic carbocycles. The van der Waals surface area contributed by atoms with E-state index in [4.69, 9.17) is 4.74 Å². The number of urea groups is 1. The highest BCUT2D eigenvalue weighted by Crippen LogP contribution is 2.40. The summed E-state index contributed by atoms with van der Waals surface area (Å²) in [6, 6.07) is -0.132. The fourth-order valence-electron chi connectivity index (χ4n) is 2.16. The van der Waals surface area contributed by atoms with Crippen molar-refractivity contribution in [2.75, 3.05) is 6.61 Å². The Morgan fingerprint density at radius 2 is 2.33 bits per heavy atom. The van der Waals surface area contributed by atoms with Crippen molar-refractivity contribution in [1.29, 1.82) is 0 Å². The molecule has 2 rings (SSSR count). The zero-order valence-corrected chi connectivity index (χ0v) is 9.14. The van der Waals surface area contributed by atoms with E-state index in [2.05, 4.69) is 24.1 Å². The van der Waals surface area contributed by atoms with Crippen molar-refractivity contribution in [2.24, 2.45) is 0 Å². The fraction of sp³-hybridized carbons (Fsp3) is 0.727. The number of amides is 2. The number of unbranched alkanes of at least 4 members (excludes halogenated alkanes) is 1. The van der Waals surface area contributed by atoms with Gasteiger partial charge in [0, 0.05) is 25.1 Å². The second-order valence-electron chi connectivity index (χ2n) is 4.39. The van der Waals surface area contributed by atoms with E-state index in [9.17, 15) is 4.79 Å². The van der Waals surface area contributed by atoms with Crippen molar-refractivity contribution in [3.05, 3.63) is 12.3 Å². The topological polar surface area (TPSA) is 50.4 Å². The number of hydrogen-bond acceptors (Lipinski definition) is 2.